The minimum atomic E-state index is -3.35. The lowest BCUT2D eigenvalue weighted by Gasteiger charge is -2.17. The molecule has 1 unspecified atom stereocenters. The van der Waals surface area contributed by atoms with E-state index in [0.717, 1.165) is 39.6 Å². The molecule has 1 aliphatic carbocycles. The number of halogens is 1. The second kappa shape index (κ2) is 7.38. The lowest BCUT2D eigenvalue weighted by molar-refractivity contribution is 0.565. The summed E-state index contributed by atoms with van der Waals surface area (Å²) < 4.78 is 26.5. The Morgan fingerprint density at radius 2 is 1.88 bits per heavy atom. The van der Waals surface area contributed by atoms with Gasteiger partial charge in [-0.15, -0.1) is 0 Å². The van der Waals surface area contributed by atoms with E-state index in [4.69, 9.17) is 0 Å². The van der Waals surface area contributed by atoms with Gasteiger partial charge in [0.25, 0.3) is 0 Å². The van der Waals surface area contributed by atoms with E-state index in [-0.39, 0.29) is 11.7 Å². The van der Waals surface area contributed by atoms with Crippen molar-refractivity contribution in [2.45, 2.75) is 31.6 Å². The summed E-state index contributed by atoms with van der Waals surface area (Å²) >= 11 is 3.67. The summed E-state index contributed by atoms with van der Waals surface area (Å²) in [6.45, 7) is 3.92. The zero-order valence-electron chi connectivity index (χ0n) is 14.8. The van der Waals surface area contributed by atoms with Gasteiger partial charge in [0.05, 0.1) is 22.3 Å². The van der Waals surface area contributed by atoms with Crippen LogP contribution in [-0.4, -0.2) is 14.2 Å². The van der Waals surface area contributed by atoms with Gasteiger partial charge >= 0.3 is 0 Å². The average molecular weight is 430 g/mol. The van der Waals surface area contributed by atoms with Crippen LogP contribution in [0.25, 0.3) is 4.48 Å². The lowest BCUT2D eigenvalue weighted by Crippen LogP contribution is -2.18. The van der Waals surface area contributed by atoms with Crippen LogP contribution >= 0.6 is 15.9 Å². The molecule has 0 heterocycles. The molecule has 0 amide bonds. The maximum atomic E-state index is 12.8. The molecule has 0 radical (unpaired) electrons. The van der Waals surface area contributed by atoms with Crippen LogP contribution in [0.5, 0.6) is 0 Å². The number of nitrogens with zero attached hydrogens (tertiary/aromatic N) is 1. The fraction of sp³-hybridized carbons (Fsp3) is 0.286. The highest BCUT2D eigenvalue weighted by Gasteiger charge is 2.27. The van der Waals surface area contributed by atoms with Gasteiger partial charge in [0, 0.05) is 4.48 Å². The van der Waals surface area contributed by atoms with E-state index in [2.05, 4.69) is 28.1 Å². The molecule has 0 aromatic heterocycles. The third-order valence-corrected chi connectivity index (χ3v) is 7.93. The number of sulfone groups is 1. The van der Waals surface area contributed by atoms with Crippen molar-refractivity contribution in [2.24, 2.45) is 5.92 Å². The highest BCUT2D eigenvalue weighted by molar-refractivity contribution is 9.15. The largest absolute Gasteiger partial charge is 0.224 e. The third-order valence-electron chi connectivity index (χ3n) is 5.05. The topological polar surface area (TPSA) is 57.9 Å². The Morgan fingerprint density at radius 1 is 1.19 bits per heavy atom. The summed E-state index contributed by atoms with van der Waals surface area (Å²) in [7, 11) is -3.35. The molecule has 0 fully saturated rings. The van der Waals surface area contributed by atoms with Crippen LogP contribution in [0.3, 0.4) is 0 Å². The molecule has 0 aliphatic heterocycles. The van der Waals surface area contributed by atoms with Crippen LogP contribution in [0.1, 0.15) is 35.6 Å². The van der Waals surface area contributed by atoms with Gasteiger partial charge in [-0.2, -0.15) is 5.26 Å². The number of benzene rings is 2. The molecule has 0 saturated heterocycles. The van der Waals surface area contributed by atoms with Crippen molar-refractivity contribution < 1.29 is 8.42 Å². The Balaban J connectivity index is 1.98. The van der Waals surface area contributed by atoms with Crippen molar-refractivity contribution in [3.63, 3.8) is 0 Å². The number of nitriles is 1. The number of fused-ring (bicyclic) bond motifs is 1. The maximum Gasteiger partial charge on any atom is 0.178 e. The molecule has 134 valence electrons. The highest BCUT2D eigenvalue weighted by atomic mass is 79.9. The fourth-order valence-electron chi connectivity index (χ4n) is 3.43. The first-order valence-corrected chi connectivity index (χ1v) is 11.0. The summed E-state index contributed by atoms with van der Waals surface area (Å²) in [5.74, 6) is 0.0311. The number of hydrogen-bond donors (Lipinski definition) is 0. The molecular weight excluding hydrogens is 410 g/mol. The van der Waals surface area contributed by atoms with E-state index >= 15 is 0 Å². The van der Waals surface area contributed by atoms with E-state index < -0.39 is 9.84 Å². The van der Waals surface area contributed by atoms with Crippen molar-refractivity contribution >= 4 is 30.2 Å². The number of aryl methyl sites for hydroxylation is 2. The molecule has 0 N–H and O–H groups in total. The van der Waals surface area contributed by atoms with Crippen molar-refractivity contribution in [1.82, 2.24) is 0 Å². The Morgan fingerprint density at radius 3 is 2.54 bits per heavy atom. The Labute approximate surface area is 163 Å². The first-order valence-electron chi connectivity index (χ1n) is 8.51. The van der Waals surface area contributed by atoms with E-state index in [1.54, 1.807) is 24.3 Å². The van der Waals surface area contributed by atoms with E-state index in [0.29, 0.717) is 10.5 Å². The Kier molecular flexibility index (Phi) is 5.36. The summed E-state index contributed by atoms with van der Waals surface area (Å²) in [4.78, 5) is 0.369. The van der Waals surface area contributed by atoms with Gasteiger partial charge < -0.3 is 0 Å². The predicted octanol–water partition coefficient (Wildman–Crippen LogP) is 5.03. The minimum Gasteiger partial charge on any atom is -0.224 e. The predicted molar refractivity (Wildman–Crippen MR) is 108 cm³/mol. The van der Waals surface area contributed by atoms with E-state index in [9.17, 15) is 13.7 Å². The quantitative estimate of drug-likeness (QED) is 0.687. The zero-order chi connectivity index (χ0) is 18.9. The molecule has 2 aromatic rings. The smallest absolute Gasteiger partial charge is 0.178 e. The summed E-state index contributed by atoms with van der Waals surface area (Å²) in [5, 5.41) is 9.31. The zero-order valence-corrected chi connectivity index (χ0v) is 17.2. The van der Waals surface area contributed by atoms with Gasteiger partial charge in [0.15, 0.2) is 9.84 Å². The van der Waals surface area contributed by atoms with Crippen LogP contribution < -0.4 is 0 Å². The molecule has 2 aromatic carbocycles. The molecule has 26 heavy (non-hydrogen) atoms. The lowest BCUT2D eigenvalue weighted by atomic mass is 9.97. The van der Waals surface area contributed by atoms with E-state index in [1.807, 2.05) is 26.0 Å². The van der Waals surface area contributed by atoms with Gasteiger partial charge in [-0.05, 0) is 67.5 Å². The first kappa shape index (κ1) is 18.9. The second-order valence-electron chi connectivity index (χ2n) is 6.76. The van der Waals surface area contributed by atoms with Gasteiger partial charge in [-0.3, -0.25) is 0 Å². The maximum absolute atomic E-state index is 12.8. The number of allylic oxidation sites excluding steroid dienone is 1. The standard InChI is InChI=1S/C21H20BrNO2S/c1-14-10-16-8-9-17(13-26(24,25)19-6-4-3-5-7-19)15(2)21(22)20(16)11-18(14)12-23/h3-7,10-11,17H,8-9,13H2,1-2H3. The van der Waals surface area contributed by atoms with Crippen LogP contribution in [0.2, 0.25) is 0 Å². The fourth-order valence-corrected chi connectivity index (χ4v) is 5.84. The van der Waals surface area contributed by atoms with Gasteiger partial charge in [-0.1, -0.05) is 45.8 Å². The third kappa shape index (κ3) is 3.62. The molecule has 5 heteroatoms. The normalized spacial score (nSPS) is 17.4. The highest BCUT2D eigenvalue weighted by Crippen LogP contribution is 2.39. The molecule has 1 atom stereocenters. The van der Waals surface area contributed by atoms with Crippen molar-refractivity contribution in [3.8, 4) is 6.07 Å². The molecule has 0 spiro atoms. The number of rotatable bonds is 3. The first-order chi connectivity index (χ1) is 12.3. The van der Waals surface area contributed by atoms with Gasteiger partial charge in [-0.25, -0.2) is 8.42 Å². The summed E-state index contributed by atoms with van der Waals surface area (Å²) in [6, 6.07) is 14.8. The van der Waals surface area contributed by atoms with Crippen LogP contribution in [-0.2, 0) is 16.3 Å². The monoisotopic (exact) mass is 429 g/mol. The summed E-state index contributed by atoms with van der Waals surface area (Å²) in [5.41, 5.74) is 4.80. The number of hydrogen-bond acceptors (Lipinski definition) is 3. The molecule has 0 bridgehead atoms. The SMILES string of the molecule is CC1=C(Br)c2cc(C#N)c(C)cc2CCC1CS(=O)(=O)c1ccccc1. The van der Waals surface area contributed by atoms with Gasteiger partial charge in [0.1, 0.15) is 0 Å². The molecule has 3 nitrogen and oxygen atoms in total. The van der Waals surface area contributed by atoms with Gasteiger partial charge in [0.2, 0.25) is 0 Å². The van der Waals surface area contributed by atoms with E-state index in [1.165, 1.54) is 0 Å². The molecule has 0 saturated carbocycles. The molecule has 1 aliphatic rings. The summed E-state index contributed by atoms with van der Waals surface area (Å²) in [6.07, 6.45) is 1.56. The van der Waals surface area contributed by atoms with Crippen molar-refractivity contribution in [1.29, 1.82) is 5.26 Å². The average Bonchev–Trinajstić information content (AvgIpc) is 2.74. The van der Waals surface area contributed by atoms with Crippen molar-refractivity contribution in [2.75, 3.05) is 5.75 Å². The second-order valence-corrected chi connectivity index (χ2v) is 9.59. The Bertz CT molecular complexity index is 1020. The minimum absolute atomic E-state index is 0.0622. The van der Waals surface area contributed by atoms with Crippen molar-refractivity contribution in [3.05, 3.63) is 70.3 Å². The van der Waals surface area contributed by atoms with Crippen LogP contribution in [0.15, 0.2) is 52.9 Å². The van der Waals surface area contributed by atoms with Crippen LogP contribution in [0.4, 0.5) is 0 Å². The molecular formula is C21H20BrNO2S. The Hall–Kier alpha value is -1.90. The van der Waals surface area contributed by atoms with Crippen LogP contribution in [0, 0.1) is 24.2 Å². The molecule has 3 rings (SSSR count).